The predicted molar refractivity (Wildman–Crippen MR) is 65.2 cm³/mol. The Morgan fingerprint density at radius 2 is 1.60 bits per heavy atom. The molecule has 3 aliphatic rings. The van der Waals surface area contributed by atoms with Crippen molar-refractivity contribution in [2.75, 3.05) is 26.2 Å². The Hall–Kier alpha value is -0.0800. The largest absolute Gasteiger partial charge is 0.317 e. The quantitative estimate of drug-likeness (QED) is 0.660. The molecule has 0 amide bonds. The van der Waals surface area contributed by atoms with E-state index in [9.17, 15) is 0 Å². The Morgan fingerprint density at radius 1 is 0.867 bits per heavy atom. The van der Waals surface area contributed by atoms with Crippen LogP contribution in [0.1, 0.15) is 51.9 Å². The Bertz CT molecular complexity index is 173. The average Bonchev–Trinajstić information content (AvgIpc) is 2.54. The van der Waals surface area contributed by atoms with Crippen LogP contribution in [-0.4, -0.2) is 36.6 Å². The average molecular weight is 210 g/mol. The second-order valence-corrected chi connectivity index (χ2v) is 5.50. The van der Waals surface area contributed by atoms with Crippen LogP contribution in [0.15, 0.2) is 0 Å². The summed E-state index contributed by atoms with van der Waals surface area (Å²) >= 11 is 0. The Balaban J connectivity index is 0.000000115. The van der Waals surface area contributed by atoms with Crippen molar-refractivity contribution < 1.29 is 0 Å². The van der Waals surface area contributed by atoms with Gasteiger partial charge in [0.1, 0.15) is 0 Å². The molecule has 1 unspecified atom stereocenters. The van der Waals surface area contributed by atoms with Gasteiger partial charge in [-0.1, -0.05) is 12.8 Å². The van der Waals surface area contributed by atoms with Crippen LogP contribution in [0.3, 0.4) is 0 Å². The van der Waals surface area contributed by atoms with Crippen molar-refractivity contribution in [1.29, 1.82) is 0 Å². The van der Waals surface area contributed by atoms with Gasteiger partial charge in [0.25, 0.3) is 0 Å². The number of nitrogens with one attached hydrogen (secondary N) is 1. The molecule has 0 aromatic carbocycles. The van der Waals surface area contributed by atoms with Crippen LogP contribution < -0.4 is 5.32 Å². The molecule has 3 rings (SSSR count). The maximum atomic E-state index is 3.35. The van der Waals surface area contributed by atoms with Crippen LogP contribution in [0, 0.1) is 0 Å². The van der Waals surface area contributed by atoms with Gasteiger partial charge in [-0.25, -0.2) is 0 Å². The summed E-state index contributed by atoms with van der Waals surface area (Å²) in [6.07, 6.45) is 10.00. The van der Waals surface area contributed by atoms with Crippen LogP contribution in [0.2, 0.25) is 0 Å². The lowest BCUT2D eigenvalue weighted by molar-refractivity contribution is 0.0449. The van der Waals surface area contributed by atoms with Gasteiger partial charge >= 0.3 is 0 Å². The first-order chi connectivity index (χ1) is 7.31. The maximum absolute atomic E-state index is 3.35. The minimum atomic E-state index is 0.667. The molecule has 0 saturated carbocycles. The molecule has 3 aliphatic heterocycles. The van der Waals surface area contributed by atoms with Gasteiger partial charge in [0.2, 0.25) is 0 Å². The summed E-state index contributed by atoms with van der Waals surface area (Å²) in [7, 11) is 0. The minimum absolute atomic E-state index is 0.667. The Labute approximate surface area is 94.4 Å². The molecule has 3 saturated heterocycles. The van der Waals surface area contributed by atoms with Gasteiger partial charge in [0, 0.05) is 12.1 Å². The van der Waals surface area contributed by atoms with Crippen molar-refractivity contribution in [2.24, 2.45) is 0 Å². The van der Waals surface area contributed by atoms with E-state index in [4.69, 9.17) is 0 Å². The van der Waals surface area contributed by atoms with Crippen LogP contribution in [-0.2, 0) is 0 Å². The molecule has 1 atom stereocenters. The van der Waals surface area contributed by atoms with Crippen molar-refractivity contribution in [2.45, 2.75) is 57.4 Å². The zero-order valence-electron chi connectivity index (χ0n) is 10.2. The first-order valence-electron chi connectivity index (χ1n) is 6.77. The highest BCUT2D eigenvalue weighted by atomic mass is 15.3. The molecule has 0 bridgehead atoms. The molecule has 0 aromatic rings. The van der Waals surface area contributed by atoms with Gasteiger partial charge < -0.3 is 5.32 Å². The highest BCUT2D eigenvalue weighted by Crippen LogP contribution is 2.39. The molecular weight excluding hydrogens is 184 g/mol. The van der Waals surface area contributed by atoms with Crippen molar-refractivity contribution in [3.63, 3.8) is 0 Å². The summed E-state index contributed by atoms with van der Waals surface area (Å²) in [4.78, 5) is 2.60. The highest BCUT2D eigenvalue weighted by Gasteiger charge is 2.43. The number of hydrogen-bond donors (Lipinski definition) is 1. The third kappa shape index (κ3) is 2.94. The lowest BCUT2D eigenvalue weighted by atomic mass is 9.88. The second-order valence-electron chi connectivity index (χ2n) is 5.50. The molecule has 0 aromatic heterocycles. The lowest BCUT2D eigenvalue weighted by Crippen LogP contribution is -2.52. The van der Waals surface area contributed by atoms with Gasteiger partial charge in [-0.3, -0.25) is 4.90 Å². The van der Waals surface area contributed by atoms with Crippen LogP contribution in [0.4, 0.5) is 0 Å². The summed E-state index contributed by atoms with van der Waals surface area (Å²) in [5.74, 6) is 0. The lowest BCUT2D eigenvalue weighted by Gasteiger charge is -2.45. The molecule has 88 valence electrons. The number of nitrogens with zero attached hydrogens (tertiary/aromatic N) is 1. The van der Waals surface area contributed by atoms with Crippen molar-refractivity contribution in [3.05, 3.63) is 0 Å². The molecule has 2 heteroatoms. The maximum Gasteiger partial charge on any atom is 0.0194 e. The summed E-state index contributed by atoms with van der Waals surface area (Å²) in [6, 6.07) is 0. The van der Waals surface area contributed by atoms with Crippen LogP contribution >= 0.6 is 0 Å². The monoisotopic (exact) mass is 210 g/mol. The Kier molecular flexibility index (Phi) is 4.04. The van der Waals surface area contributed by atoms with E-state index in [0.29, 0.717) is 5.54 Å². The molecular formula is C13H26N2. The van der Waals surface area contributed by atoms with Gasteiger partial charge in [-0.2, -0.15) is 0 Å². The fourth-order valence-electron chi connectivity index (χ4n) is 2.95. The minimum Gasteiger partial charge on any atom is -0.317 e. The number of rotatable bonds is 0. The fourth-order valence-corrected chi connectivity index (χ4v) is 2.95. The van der Waals surface area contributed by atoms with Crippen molar-refractivity contribution in [1.82, 2.24) is 10.2 Å². The molecule has 15 heavy (non-hydrogen) atoms. The van der Waals surface area contributed by atoms with E-state index < -0.39 is 0 Å². The Morgan fingerprint density at radius 3 is 2.00 bits per heavy atom. The third-order valence-corrected chi connectivity index (χ3v) is 4.28. The first-order valence-corrected chi connectivity index (χ1v) is 6.77. The SMILES string of the molecule is C1CCCNCC1.CC12CCCN1CC2. The first kappa shape index (κ1) is 11.4. The van der Waals surface area contributed by atoms with Gasteiger partial charge in [0.15, 0.2) is 0 Å². The summed E-state index contributed by atoms with van der Waals surface area (Å²) in [6.45, 7) is 7.64. The van der Waals surface area contributed by atoms with Gasteiger partial charge in [0.05, 0.1) is 0 Å². The normalized spacial score (nSPS) is 35.8. The zero-order valence-corrected chi connectivity index (χ0v) is 10.2. The van der Waals surface area contributed by atoms with Crippen molar-refractivity contribution in [3.8, 4) is 0 Å². The van der Waals surface area contributed by atoms with E-state index in [1.165, 1.54) is 71.1 Å². The number of fused-ring (bicyclic) bond motifs is 1. The van der Waals surface area contributed by atoms with E-state index >= 15 is 0 Å². The fraction of sp³-hybridized carbons (Fsp3) is 1.00. The van der Waals surface area contributed by atoms with E-state index in [-0.39, 0.29) is 0 Å². The number of hydrogen-bond acceptors (Lipinski definition) is 2. The van der Waals surface area contributed by atoms with E-state index in [1.807, 2.05) is 0 Å². The second kappa shape index (κ2) is 5.31. The molecule has 2 nitrogen and oxygen atoms in total. The summed E-state index contributed by atoms with van der Waals surface area (Å²) in [5, 5.41) is 3.35. The third-order valence-electron chi connectivity index (χ3n) is 4.28. The smallest absolute Gasteiger partial charge is 0.0194 e. The topological polar surface area (TPSA) is 15.3 Å². The predicted octanol–water partition coefficient (Wildman–Crippen LogP) is 2.39. The van der Waals surface area contributed by atoms with E-state index in [0.717, 1.165) is 0 Å². The van der Waals surface area contributed by atoms with Crippen molar-refractivity contribution >= 4 is 0 Å². The molecule has 1 N–H and O–H groups in total. The van der Waals surface area contributed by atoms with Gasteiger partial charge in [-0.15, -0.1) is 0 Å². The molecule has 0 radical (unpaired) electrons. The van der Waals surface area contributed by atoms with E-state index in [2.05, 4.69) is 17.1 Å². The molecule has 3 heterocycles. The van der Waals surface area contributed by atoms with Crippen LogP contribution in [0.5, 0.6) is 0 Å². The molecule has 3 fully saturated rings. The zero-order chi connectivity index (χ0) is 10.6. The highest BCUT2D eigenvalue weighted by molar-refractivity contribution is 4.99. The summed E-state index contributed by atoms with van der Waals surface area (Å²) in [5.41, 5.74) is 0.667. The van der Waals surface area contributed by atoms with Crippen LogP contribution in [0.25, 0.3) is 0 Å². The standard InChI is InChI=1S/C7H13N.C6H13N/c1-7-3-2-5-8(7)6-4-7;1-2-4-6-7-5-3-1/h2-6H2,1H3;7H,1-6H2. The van der Waals surface area contributed by atoms with E-state index in [1.54, 1.807) is 0 Å². The van der Waals surface area contributed by atoms with Gasteiger partial charge in [-0.05, 0) is 58.7 Å². The summed E-state index contributed by atoms with van der Waals surface area (Å²) < 4.78 is 0. The molecule has 0 spiro atoms. The molecule has 0 aliphatic carbocycles.